The Labute approximate surface area is 174 Å². The highest BCUT2D eigenvalue weighted by atomic mass is 16.5. The summed E-state index contributed by atoms with van der Waals surface area (Å²) in [5, 5.41) is 0. The van der Waals surface area contributed by atoms with E-state index < -0.39 is 6.10 Å². The van der Waals surface area contributed by atoms with Gasteiger partial charge in [-0.1, -0.05) is 85.3 Å². The molecule has 1 atom stereocenters. The molecule has 3 rings (SSSR count). The Morgan fingerprint density at radius 2 is 1.41 bits per heavy atom. The highest BCUT2D eigenvalue weighted by Gasteiger charge is 2.25. The van der Waals surface area contributed by atoms with Gasteiger partial charge in [-0.15, -0.1) is 0 Å². The number of rotatable bonds is 8. The third-order valence-corrected chi connectivity index (χ3v) is 4.99. The minimum atomic E-state index is -0.510. The lowest BCUT2D eigenvalue weighted by Gasteiger charge is -2.28. The largest absolute Gasteiger partial charge is 0.480 e. The predicted molar refractivity (Wildman–Crippen MR) is 118 cm³/mol. The Morgan fingerprint density at radius 1 is 0.862 bits per heavy atom. The molecule has 1 amide bonds. The molecule has 0 fully saturated rings. The van der Waals surface area contributed by atoms with Gasteiger partial charge in [0.15, 0.2) is 6.10 Å². The molecule has 0 N–H and O–H groups in total. The van der Waals surface area contributed by atoms with Crippen LogP contribution in [0.2, 0.25) is 0 Å². The third kappa shape index (κ3) is 5.71. The number of hydrogen-bond donors (Lipinski definition) is 0. The maximum atomic E-state index is 13.5. The highest BCUT2D eigenvalue weighted by molar-refractivity contribution is 5.81. The van der Waals surface area contributed by atoms with E-state index in [1.807, 2.05) is 67.3 Å². The third-order valence-electron chi connectivity index (χ3n) is 4.99. The van der Waals surface area contributed by atoms with Gasteiger partial charge in [-0.2, -0.15) is 0 Å². The maximum Gasteiger partial charge on any atom is 0.264 e. The van der Waals surface area contributed by atoms with E-state index in [2.05, 4.69) is 37.3 Å². The van der Waals surface area contributed by atoms with Gasteiger partial charge in [0.25, 0.3) is 5.91 Å². The molecule has 3 heteroatoms. The summed E-state index contributed by atoms with van der Waals surface area (Å²) < 4.78 is 6.18. The van der Waals surface area contributed by atoms with Crippen LogP contribution >= 0.6 is 0 Å². The smallest absolute Gasteiger partial charge is 0.264 e. The molecule has 0 unspecified atom stereocenters. The molecule has 0 saturated heterocycles. The van der Waals surface area contributed by atoms with E-state index in [0.29, 0.717) is 19.5 Å². The van der Waals surface area contributed by atoms with Crippen molar-refractivity contribution in [3.63, 3.8) is 0 Å². The zero-order valence-corrected chi connectivity index (χ0v) is 17.5. The molecule has 0 bridgehead atoms. The zero-order valence-electron chi connectivity index (χ0n) is 17.5. The van der Waals surface area contributed by atoms with Crippen LogP contribution in [0.5, 0.6) is 5.75 Å². The number of carbonyl (C=O) groups is 1. The van der Waals surface area contributed by atoms with E-state index >= 15 is 0 Å². The highest BCUT2D eigenvalue weighted by Crippen LogP contribution is 2.22. The Balaban J connectivity index is 1.82. The van der Waals surface area contributed by atoms with Crippen LogP contribution in [0.1, 0.15) is 35.6 Å². The van der Waals surface area contributed by atoms with Crippen molar-refractivity contribution in [2.75, 3.05) is 0 Å². The van der Waals surface area contributed by atoms with E-state index in [4.69, 9.17) is 4.74 Å². The summed E-state index contributed by atoms with van der Waals surface area (Å²) in [4.78, 5) is 15.4. The molecule has 3 aromatic rings. The molecule has 0 aromatic heterocycles. The topological polar surface area (TPSA) is 29.5 Å². The van der Waals surface area contributed by atoms with Gasteiger partial charge in [-0.3, -0.25) is 4.79 Å². The lowest BCUT2D eigenvalue weighted by Crippen LogP contribution is -2.41. The van der Waals surface area contributed by atoms with Gasteiger partial charge in [0.1, 0.15) is 5.75 Å². The lowest BCUT2D eigenvalue weighted by molar-refractivity contribution is -0.140. The van der Waals surface area contributed by atoms with Crippen LogP contribution in [-0.2, 0) is 17.9 Å². The average Bonchev–Trinajstić information content (AvgIpc) is 2.74. The first-order valence-electron chi connectivity index (χ1n) is 10.2. The second kappa shape index (κ2) is 9.92. The molecule has 150 valence electrons. The SMILES string of the molecule is CC[C@@H](Oc1ccc(C)cc1C)C(=O)N(Cc1ccccc1)Cc1ccccc1. The quantitative estimate of drug-likeness (QED) is 0.497. The molecule has 0 aliphatic rings. The number of nitrogens with zero attached hydrogens (tertiary/aromatic N) is 1. The van der Waals surface area contributed by atoms with Crippen molar-refractivity contribution in [1.29, 1.82) is 0 Å². The van der Waals surface area contributed by atoms with Crippen molar-refractivity contribution < 1.29 is 9.53 Å². The van der Waals surface area contributed by atoms with Gasteiger partial charge >= 0.3 is 0 Å². The molecule has 29 heavy (non-hydrogen) atoms. The van der Waals surface area contributed by atoms with E-state index in [1.54, 1.807) is 0 Å². The number of hydrogen-bond acceptors (Lipinski definition) is 2. The van der Waals surface area contributed by atoms with Crippen LogP contribution in [0, 0.1) is 13.8 Å². The Hall–Kier alpha value is -3.07. The van der Waals surface area contributed by atoms with E-state index in [0.717, 1.165) is 22.4 Å². The molecule has 0 saturated carbocycles. The van der Waals surface area contributed by atoms with Crippen molar-refractivity contribution in [3.8, 4) is 5.75 Å². The van der Waals surface area contributed by atoms with E-state index in [1.165, 1.54) is 5.56 Å². The molecule has 0 aliphatic heterocycles. The molecule has 3 aromatic carbocycles. The van der Waals surface area contributed by atoms with Crippen molar-refractivity contribution in [2.24, 2.45) is 0 Å². The second-order valence-corrected chi connectivity index (χ2v) is 7.45. The number of carbonyl (C=O) groups excluding carboxylic acids is 1. The van der Waals surface area contributed by atoms with Crippen LogP contribution in [0.25, 0.3) is 0 Å². The maximum absolute atomic E-state index is 13.5. The second-order valence-electron chi connectivity index (χ2n) is 7.45. The summed E-state index contributed by atoms with van der Waals surface area (Å²) in [5.41, 5.74) is 4.45. The predicted octanol–water partition coefficient (Wildman–Crippen LogP) is 5.69. The molecule has 0 heterocycles. The average molecular weight is 388 g/mol. The summed E-state index contributed by atoms with van der Waals surface area (Å²) in [6.07, 6.45) is 0.107. The van der Waals surface area contributed by atoms with Gasteiger partial charge in [0, 0.05) is 13.1 Å². The van der Waals surface area contributed by atoms with Crippen molar-refractivity contribution in [2.45, 2.75) is 46.4 Å². The standard InChI is InChI=1S/C26H29NO2/c1-4-24(29-25-16-15-20(2)17-21(25)3)26(28)27(18-22-11-7-5-8-12-22)19-23-13-9-6-10-14-23/h5-17,24H,4,18-19H2,1-3H3/t24-/m1/s1. The van der Waals surface area contributed by atoms with Gasteiger partial charge in [0.2, 0.25) is 0 Å². The Kier molecular flexibility index (Phi) is 7.07. The Bertz CT molecular complexity index is 880. The van der Waals surface area contributed by atoms with Gasteiger partial charge < -0.3 is 9.64 Å². The van der Waals surface area contributed by atoms with E-state index in [9.17, 15) is 4.79 Å². The number of ether oxygens (including phenoxy) is 1. The van der Waals surface area contributed by atoms with Crippen LogP contribution in [0.3, 0.4) is 0 Å². The molecular weight excluding hydrogens is 358 g/mol. The number of amides is 1. The fourth-order valence-corrected chi connectivity index (χ4v) is 3.42. The zero-order chi connectivity index (χ0) is 20.6. The number of aryl methyl sites for hydroxylation is 2. The molecular formula is C26H29NO2. The summed E-state index contributed by atoms with van der Waals surface area (Å²) in [7, 11) is 0. The van der Waals surface area contributed by atoms with Gasteiger partial charge in [-0.25, -0.2) is 0 Å². The Morgan fingerprint density at radius 3 is 1.90 bits per heavy atom. The lowest BCUT2D eigenvalue weighted by atomic mass is 10.1. The van der Waals surface area contributed by atoms with Crippen molar-refractivity contribution >= 4 is 5.91 Å². The van der Waals surface area contributed by atoms with Crippen molar-refractivity contribution in [3.05, 3.63) is 101 Å². The molecule has 0 aliphatic carbocycles. The van der Waals surface area contributed by atoms with Crippen molar-refractivity contribution in [1.82, 2.24) is 4.90 Å². The summed E-state index contributed by atoms with van der Waals surface area (Å²) in [6, 6.07) is 26.3. The monoisotopic (exact) mass is 387 g/mol. The fraction of sp³-hybridized carbons (Fsp3) is 0.269. The van der Waals surface area contributed by atoms with Crippen LogP contribution in [0.15, 0.2) is 78.9 Å². The van der Waals surface area contributed by atoms with E-state index in [-0.39, 0.29) is 5.91 Å². The normalized spacial score (nSPS) is 11.7. The van der Waals surface area contributed by atoms with Crippen LogP contribution in [-0.4, -0.2) is 16.9 Å². The van der Waals surface area contributed by atoms with Gasteiger partial charge in [-0.05, 0) is 43.0 Å². The van der Waals surface area contributed by atoms with Gasteiger partial charge in [0.05, 0.1) is 0 Å². The minimum Gasteiger partial charge on any atom is -0.480 e. The fourth-order valence-electron chi connectivity index (χ4n) is 3.42. The van der Waals surface area contributed by atoms with Crippen LogP contribution in [0.4, 0.5) is 0 Å². The summed E-state index contributed by atoms with van der Waals surface area (Å²) in [6.45, 7) is 7.18. The molecule has 0 spiro atoms. The molecule has 0 radical (unpaired) electrons. The summed E-state index contributed by atoms with van der Waals surface area (Å²) in [5.74, 6) is 0.787. The van der Waals surface area contributed by atoms with Crippen LogP contribution < -0.4 is 4.74 Å². The first-order valence-corrected chi connectivity index (χ1v) is 10.2. The molecule has 3 nitrogen and oxygen atoms in total. The summed E-state index contributed by atoms with van der Waals surface area (Å²) >= 11 is 0. The first kappa shape index (κ1) is 20.7. The minimum absolute atomic E-state index is 0.0141. The number of benzene rings is 3. The first-order chi connectivity index (χ1) is 14.1.